The van der Waals surface area contributed by atoms with Gasteiger partial charge >= 0.3 is 0 Å². The van der Waals surface area contributed by atoms with Crippen molar-refractivity contribution < 1.29 is 0 Å². The van der Waals surface area contributed by atoms with E-state index in [0.717, 1.165) is 0 Å². The van der Waals surface area contributed by atoms with E-state index >= 15 is 0 Å². The van der Waals surface area contributed by atoms with Crippen LogP contribution in [0.1, 0.15) is 12.8 Å². The highest BCUT2D eigenvalue weighted by molar-refractivity contribution is 8.00. The molecule has 0 aliphatic carbocycles. The molecule has 0 amide bonds. The smallest absolute Gasteiger partial charge is 0.00368 e. The molecule has 8 heavy (non-hydrogen) atoms. The Morgan fingerprint density at radius 1 is 1.00 bits per heavy atom. The summed E-state index contributed by atoms with van der Waals surface area (Å²) >= 11 is 2.04. The quantitative estimate of drug-likeness (QED) is 0.528. The van der Waals surface area contributed by atoms with Crippen molar-refractivity contribution in [3.8, 4) is 0 Å². The number of hydrogen-bond donors (Lipinski definition) is 1. The maximum absolute atomic E-state index is 3.11. The number of rotatable bonds is 0. The lowest BCUT2D eigenvalue weighted by atomic mass is 10.3. The van der Waals surface area contributed by atoms with Crippen LogP contribution in [0.5, 0.6) is 0 Å². The second kappa shape index (κ2) is 4.21. The van der Waals surface area contributed by atoms with Gasteiger partial charge in [-0.25, -0.2) is 0 Å². The van der Waals surface area contributed by atoms with Crippen LogP contribution < -0.4 is 5.32 Å². The van der Waals surface area contributed by atoms with Crippen molar-refractivity contribution >= 4 is 11.8 Å². The van der Waals surface area contributed by atoms with Crippen LogP contribution >= 0.6 is 11.8 Å². The highest BCUT2D eigenvalue weighted by Crippen LogP contribution is 2.14. The molecule has 2 heterocycles. The first kappa shape index (κ1) is 6.43. The standard InChI is InChI=1S/C3H7N.C3H6S/c2*1-2-4-3-1/h4H,1-3H2;1-3H2. The van der Waals surface area contributed by atoms with Crippen LogP contribution in [0.4, 0.5) is 0 Å². The summed E-state index contributed by atoms with van der Waals surface area (Å²) in [4.78, 5) is 0. The SMILES string of the molecule is C1CNC1.C1CSC1. The third kappa shape index (κ3) is 2.58. The maximum atomic E-state index is 3.11. The average molecular weight is 131 g/mol. The van der Waals surface area contributed by atoms with Crippen LogP contribution in [0.25, 0.3) is 0 Å². The molecule has 2 fully saturated rings. The molecule has 0 spiro atoms. The van der Waals surface area contributed by atoms with Crippen LogP contribution in [0.15, 0.2) is 0 Å². The van der Waals surface area contributed by atoms with Gasteiger partial charge in [0.2, 0.25) is 0 Å². The topological polar surface area (TPSA) is 12.0 Å². The summed E-state index contributed by atoms with van der Waals surface area (Å²) in [5, 5.41) is 3.11. The predicted molar refractivity (Wildman–Crippen MR) is 39.4 cm³/mol. The maximum Gasteiger partial charge on any atom is -0.00368 e. The van der Waals surface area contributed by atoms with Crippen molar-refractivity contribution in [2.75, 3.05) is 24.6 Å². The molecule has 0 bridgehead atoms. The zero-order valence-corrected chi connectivity index (χ0v) is 5.97. The first-order chi connectivity index (χ1) is 4.00. The minimum atomic E-state index is 1.25. The van der Waals surface area contributed by atoms with Gasteiger partial charge in [-0.1, -0.05) is 0 Å². The van der Waals surface area contributed by atoms with E-state index in [1.54, 1.807) is 0 Å². The van der Waals surface area contributed by atoms with Crippen LogP contribution in [0, 0.1) is 0 Å². The summed E-state index contributed by atoms with van der Waals surface area (Å²) in [6.45, 7) is 2.50. The summed E-state index contributed by atoms with van der Waals surface area (Å²) in [6.07, 6.45) is 2.85. The highest BCUT2D eigenvalue weighted by atomic mass is 32.2. The molecular formula is C6H13NS. The number of nitrogens with one attached hydrogen (secondary N) is 1. The van der Waals surface area contributed by atoms with Crippen molar-refractivity contribution in [3.05, 3.63) is 0 Å². The molecule has 1 N–H and O–H groups in total. The zero-order chi connectivity index (χ0) is 5.66. The predicted octanol–water partition coefficient (Wildman–Crippen LogP) is 1.10. The molecule has 0 radical (unpaired) electrons. The fourth-order valence-electron chi connectivity index (χ4n) is 0.321. The summed E-state index contributed by atoms with van der Waals surface area (Å²) < 4.78 is 0. The molecule has 2 saturated heterocycles. The van der Waals surface area contributed by atoms with Gasteiger partial charge in [-0.2, -0.15) is 11.8 Å². The van der Waals surface area contributed by atoms with E-state index in [9.17, 15) is 0 Å². The lowest BCUT2D eigenvalue weighted by Crippen LogP contribution is -2.29. The van der Waals surface area contributed by atoms with Gasteiger partial charge in [0.15, 0.2) is 0 Å². The average Bonchev–Trinajstić information content (AvgIpc) is 1.12. The van der Waals surface area contributed by atoms with Crippen molar-refractivity contribution in [2.24, 2.45) is 0 Å². The van der Waals surface area contributed by atoms with Crippen molar-refractivity contribution in [1.82, 2.24) is 5.32 Å². The lowest BCUT2D eigenvalue weighted by molar-refractivity contribution is 0.527. The lowest BCUT2D eigenvalue weighted by Gasteiger charge is -2.09. The normalized spacial score (nSPS) is 24.0. The summed E-state index contributed by atoms with van der Waals surface area (Å²) in [5.74, 6) is 2.83. The van der Waals surface area contributed by atoms with Gasteiger partial charge in [-0.15, -0.1) is 0 Å². The number of thioether (sulfide) groups is 1. The van der Waals surface area contributed by atoms with Gasteiger partial charge in [0.05, 0.1) is 0 Å². The van der Waals surface area contributed by atoms with E-state index in [0.29, 0.717) is 0 Å². The molecule has 0 unspecified atom stereocenters. The second-order valence-corrected chi connectivity index (χ2v) is 3.29. The summed E-state index contributed by atoms with van der Waals surface area (Å²) in [7, 11) is 0. The van der Waals surface area contributed by atoms with Crippen molar-refractivity contribution in [3.63, 3.8) is 0 Å². The van der Waals surface area contributed by atoms with Crippen LogP contribution in [0.2, 0.25) is 0 Å². The van der Waals surface area contributed by atoms with E-state index in [4.69, 9.17) is 0 Å². The van der Waals surface area contributed by atoms with Gasteiger partial charge in [0.25, 0.3) is 0 Å². The van der Waals surface area contributed by atoms with Crippen LogP contribution in [-0.4, -0.2) is 24.6 Å². The van der Waals surface area contributed by atoms with Gasteiger partial charge in [-0.3, -0.25) is 0 Å². The Bertz CT molecular complexity index is 32.5. The Hall–Kier alpha value is 0.310. The Kier molecular flexibility index (Phi) is 3.39. The Morgan fingerprint density at radius 3 is 1.25 bits per heavy atom. The first-order valence-corrected chi connectivity index (χ1v) is 4.44. The molecule has 48 valence electrons. The van der Waals surface area contributed by atoms with E-state index in [2.05, 4.69) is 5.32 Å². The first-order valence-electron chi connectivity index (χ1n) is 3.28. The van der Waals surface area contributed by atoms with E-state index in [1.165, 1.54) is 37.4 Å². The third-order valence-electron chi connectivity index (χ3n) is 1.28. The zero-order valence-electron chi connectivity index (χ0n) is 5.15. The van der Waals surface area contributed by atoms with E-state index < -0.39 is 0 Å². The molecule has 0 aromatic heterocycles. The fourth-order valence-corrected chi connectivity index (χ4v) is 0.610. The molecule has 0 saturated carbocycles. The Morgan fingerprint density at radius 2 is 1.25 bits per heavy atom. The summed E-state index contributed by atoms with van der Waals surface area (Å²) in [5.41, 5.74) is 0. The largest absolute Gasteiger partial charge is 0.317 e. The second-order valence-electron chi connectivity index (χ2n) is 2.07. The molecule has 2 heteroatoms. The molecule has 0 aromatic carbocycles. The third-order valence-corrected chi connectivity index (χ3v) is 2.44. The molecule has 2 rings (SSSR count). The minimum Gasteiger partial charge on any atom is -0.317 e. The minimum absolute atomic E-state index is 1.25. The summed E-state index contributed by atoms with van der Waals surface area (Å²) in [6, 6.07) is 0. The van der Waals surface area contributed by atoms with Gasteiger partial charge in [-0.05, 0) is 37.4 Å². The Labute approximate surface area is 55.2 Å². The van der Waals surface area contributed by atoms with E-state index in [-0.39, 0.29) is 0 Å². The monoisotopic (exact) mass is 131 g/mol. The van der Waals surface area contributed by atoms with Gasteiger partial charge < -0.3 is 5.32 Å². The number of hydrogen-bond acceptors (Lipinski definition) is 2. The molecule has 0 aromatic rings. The molecule has 2 aliphatic rings. The van der Waals surface area contributed by atoms with Crippen molar-refractivity contribution in [1.29, 1.82) is 0 Å². The van der Waals surface area contributed by atoms with Gasteiger partial charge in [0, 0.05) is 0 Å². The molecule has 1 nitrogen and oxygen atoms in total. The van der Waals surface area contributed by atoms with Crippen LogP contribution in [0.3, 0.4) is 0 Å². The van der Waals surface area contributed by atoms with Crippen molar-refractivity contribution in [2.45, 2.75) is 12.8 Å². The fraction of sp³-hybridized carbons (Fsp3) is 1.00. The molecule has 2 aliphatic heterocycles. The van der Waals surface area contributed by atoms with E-state index in [1.807, 2.05) is 11.8 Å². The van der Waals surface area contributed by atoms with Gasteiger partial charge in [0.1, 0.15) is 0 Å². The molecular weight excluding hydrogens is 118 g/mol. The Balaban J connectivity index is 0.0000000800. The highest BCUT2D eigenvalue weighted by Gasteiger charge is 1.95. The molecule has 0 atom stereocenters. The van der Waals surface area contributed by atoms with Crippen LogP contribution in [-0.2, 0) is 0 Å².